The molecule has 0 aliphatic carbocycles. The summed E-state index contributed by atoms with van der Waals surface area (Å²) in [6.07, 6.45) is 4.43. The zero-order valence-corrected chi connectivity index (χ0v) is 10.9. The Morgan fingerprint density at radius 3 is 2.75 bits per heavy atom. The first-order valence-electron chi connectivity index (χ1n) is 5.76. The molecule has 0 radical (unpaired) electrons. The number of hydrogen-bond donors (Lipinski definition) is 1. The Morgan fingerprint density at radius 2 is 2.15 bits per heavy atom. The highest BCUT2D eigenvalue weighted by Crippen LogP contribution is 2.12. The topological polar surface area (TPSA) is 81.9 Å². The number of tetrazole rings is 1. The summed E-state index contributed by atoms with van der Waals surface area (Å²) in [6, 6.07) is 7.31. The summed E-state index contributed by atoms with van der Waals surface area (Å²) in [5.74, 6) is 0.538. The molecule has 0 saturated heterocycles. The largest absolute Gasteiger partial charge is 0.497 e. The minimum Gasteiger partial charge on any atom is -0.497 e. The summed E-state index contributed by atoms with van der Waals surface area (Å²) in [5, 5.41) is 13.6. The Hall–Kier alpha value is -2.96. The maximum atomic E-state index is 11.6. The van der Waals surface area contributed by atoms with E-state index in [-0.39, 0.29) is 11.9 Å². The number of carbonyl (C=O) groups is 1. The van der Waals surface area contributed by atoms with Gasteiger partial charge in [-0.2, -0.15) is 0 Å². The number of hydrogen-bond acceptors (Lipinski definition) is 5. The van der Waals surface area contributed by atoms with Crippen molar-refractivity contribution in [1.29, 1.82) is 0 Å². The van der Waals surface area contributed by atoms with Gasteiger partial charge in [-0.1, -0.05) is 23.8 Å². The molecule has 0 saturated carbocycles. The van der Waals surface area contributed by atoms with Crippen molar-refractivity contribution in [3.05, 3.63) is 42.5 Å². The number of nitrogens with zero attached hydrogens (tertiary/aromatic N) is 4. The minimum absolute atomic E-state index is 0.120. The van der Waals surface area contributed by atoms with Crippen molar-refractivity contribution in [1.82, 2.24) is 20.2 Å². The summed E-state index contributed by atoms with van der Waals surface area (Å²) in [7, 11) is 1.60. The molecule has 20 heavy (non-hydrogen) atoms. The van der Waals surface area contributed by atoms with E-state index in [0.29, 0.717) is 0 Å². The molecule has 1 aromatic carbocycles. The lowest BCUT2D eigenvalue weighted by Crippen LogP contribution is -2.09. The quantitative estimate of drug-likeness (QED) is 0.832. The van der Waals surface area contributed by atoms with Crippen LogP contribution >= 0.6 is 0 Å². The molecule has 1 N–H and O–H groups in total. The molecule has 1 amide bonds. The molecule has 0 unspecified atom stereocenters. The van der Waals surface area contributed by atoms with E-state index in [4.69, 9.17) is 4.74 Å². The minimum atomic E-state index is -0.343. The maximum Gasteiger partial charge on any atom is 0.270 e. The number of carbonyl (C=O) groups excluding carboxylic acids is 1. The number of aromatic nitrogens is 4. The molecule has 0 atom stereocenters. The molecule has 0 bridgehead atoms. The number of methoxy groups -OCH3 is 1. The van der Waals surface area contributed by atoms with E-state index in [0.717, 1.165) is 16.1 Å². The second-order valence-corrected chi connectivity index (χ2v) is 3.71. The molecule has 1 heterocycles. The monoisotopic (exact) mass is 271 g/mol. The molecular weight excluding hydrogens is 258 g/mol. The van der Waals surface area contributed by atoms with Crippen LogP contribution in [0.4, 0.5) is 5.95 Å². The lowest BCUT2D eigenvalue weighted by atomic mass is 10.2. The lowest BCUT2D eigenvalue weighted by molar-refractivity contribution is -0.111. The average Bonchev–Trinajstić information content (AvgIpc) is 2.93. The molecule has 1 aromatic heterocycles. The van der Waals surface area contributed by atoms with Gasteiger partial charge in [0.25, 0.3) is 11.9 Å². The van der Waals surface area contributed by atoms with Crippen LogP contribution in [0.3, 0.4) is 0 Å². The summed E-state index contributed by atoms with van der Waals surface area (Å²) >= 11 is 0. The fraction of sp³-hybridized carbons (Fsp3) is 0.0769. The number of rotatable bonds is 5. The van der Waals surface area contributed by atoms with Gasteiger partial charge < -0.3 is 4.74 Å². The molecule has 0 aliphatic heterocycles. The Kier molecular flexibility index (Phi) is 4.23. The van der Waals surface area contributed by atoms with Crippen molar-refractivity contribution in [2.24, 2.45) is 0 Å². The molecule has 0 spiro atoms. The van der Waals surface area contributed by atoms with Crippen LogP contribution in [-0.2, 0) is 4.79 Å². The van der Waals surface area contributed by atoms with Crippen molar-refractivity contribution < 1.29 is 9.53 Å². The van der Waals surface area contributed by atoms with Crippen LogP contribution in [0, 0.1) is 0 Å². The highest BCUT2D eigenvalue weighted by molar-refractivity contribution is 6.00. The first-order chi connectivity index (χ1) is 9.71. The Bertz CT molecular complexity index is 630. The predicted molar refractivity (Wildman–Crippen MR) is 74.9 cm³/mol. The number of nitrogens with one attached hydrogen (secondary N) is 1. The number of amides is 1. The van der Waals surface area contributed by atoms with Crippen LogP contribution in [0.25, 0.3) is 12.3 Å². The summed E-state index contributed by atoms with van der Waals surface area (Å²) in [6.45, 7) is 3.47. The van der Waals surface area contributed by atoms with Gasteiger partial charge in [0.05, 0.1) is 7.11 Å². The highest BCUT2D eigenvalue weighted by atomic mass is 16.5. The van der Waals surface area contributed by atoms with Crippen molar-refractivity contribution in [2.45, 2.75) is 0 Å². The van der Waals surface area contributed by atoms with Gasteiger partial charge in [0.1, 0.15) is 5.75 Å². The summed E-state index contributed by atoms with van der Waals surface area (Å²) < 4.78 is 5.05. The molecule has 2 rings (SSSR count). The van der Waals surface area contributed by atoms with Gasteiger partial charge in [0.15, 0.2) is 0 Å². The molecule has 7 heteroatoms. The molecule has 0 fully saturated rings. The lowest BCUT2D eigenvalue weighted by Gasteiger charge is -1.99. The second kappa shape index (κ2) is 6.28. The Balaban J connectivity index is 1.95. The van der Waals surface area contributed by atoms with Crippen molar-refractivity contribution in [3.63, 3.8) is 0 Å². The Labute approximate surface area is 115 Å². The Morgan fingerprint density at radius 1 is 1.40 bits per heavy atom. The first kappa shape index (κ1) is 13.5. The summed E-state index contributed by atoms with van der Waals surface area (Å²) in [5.41, 5.74) is 0.878. The smallest absolute Gasteiger partial charge is 0.270 e. The van der Waals surface area contributed by atoms with Crippen LogP contribution in [0.15, 0.2) is 36.9 Å². The van der Waals surface area contributed by atoms with Gasteiger partial charge in [-0.05, 0) is 29.0 Å². The van der Waals surface area contributed by atoms with Crippen molar-refractivity contribution in [2.75, 3.05) is 12.4 Å². The number of ether oxygens (including phenoxy) is 1. The van der Waals surface area contributed by atoms with E-state index >= 15 is 0 Å². The summed E-state index contributed by atoms with van der Waals surface area (Å²) in [4.78, 5) is 12.8. The van der Waals surface area contributed by atoms with Crippen molar-refractivity contribution >= 4 is 24.1 Å². The van der Waals surface area contributed by atoms with E-state index < -0.39 is 0 Å². The van der Waals surface area contributed by atoms with Crippen LogP contribution in [0.1, 0.15) is 5.56 Å². The van der Waals surface area contributed by atoms with Gasteiger partial charge in [-0.15, -0.1) is 9.90 Å². The van der Waals surface area contributed by atoms with E-state index in [1.807, 2.05) is 24.3 Å². The van der Waals surface area contributed by atoms with Gasteiger partial charge in [0.2, 0.25) is 0 Å². The fourth-order valence-corrected chi connectivity index (χ4v) is 1.39. The third kappa shape index (κ3) is 3.52. The zero-order chi connectivity index (χ0) is 14.4. The standard InChI is InChI=1S/C13H13N5O2/c1-3-18-16-13(15-17-18)14-12(19)9-6-10-4-7-11(20-2)8-5-10/h3-9H,1H2,2H3,(H,14,16,19)/b9-6+. The maximum absolute atomic E-state index is 11.6. The van der Waals surface area contributed by atoms with E-state index in [2.05, 4.69) is 27.3 Å². The van der Waals surface area contributed by atoms with Crippen LogP contribution in [-0.4, -0.2) is 33.2 Å². The molecule has 0 aliphatic rings. The number of anilines is 1. The van der Waals surface area contributed by atoms with E-state index in [1.54, 1.807) is 13.2 Å². The van der Waals surface area contributed by atoms with Gasteiger partial charge >= 0.3 is 0 Å². The van der Waals surface area contributed by atoms with Crippen LogP contribution < -0.4 is 10.1 Å². The molecule has 7 nitrogen and oxygen atoms in total. The van der Waals surface area contributed by atoms with Gasteiger partial charge in [0, 0.05) is 12.3 Å². The van der Waals surface area contributed by atoms with Crippen LogP contribution in [0.5, 0.6) is 5.75 Å². The molecule has 2 aromatic rings. The normalized spacial score (nSPS) is 10.4. The molecular formula is C13H13N5O2. The fourth-order valence-electron chi connectivity index (χ4n) is 1.39. The highest BCUT2D eigenvalue weighted by Gasteiger charge is 2.03. The predicted octanol–water partition coefficient (Wildman–Crippen LogP) is 1.43. The third-order valence-electron chi connectivity index (χ3n) is 2.37. The van der Waals surface area contributed by atoms with E-state index in [1.165, 1.54) is 12.3 Å². The SMILES string of the molecule is C=Cn1nnc(NC(=O)/C=C/c2ccc(OC)cc2)n1. The molecule has 102 valence electrons. The first-order valence-corrected chi connectivity index (χ1v) is 5.76. The number of benzene rings is 1. The van der Waals surface area contributed by atoms with Crippen LogP contribution in [0.2, 0.25) is 0 Å². The second-order valence-electron chi connectivity index (χ2n) is 3.71. The van der Waals surface area contributed by atoms with Gasteiger partial charge in [-0.3, -0.25) is 10.1 Å². The average molecular weight is 271 g/mol. The van der Waals surface area contributed by atoms with E-state index in [9.17, 15) is 4.79 Å². The zero-order valence-electron chi connectivity index (χ0n) is 10.9. The van der Waals surface area contributed by atoms with Crippen molar-refractivity contribution in [3.8, 4) is 5.75 Å². The third-order valence-corrected chi connectivity index (χ3v) is 2.37. The van der Waals surface area contributed by atoms with Gasteiger partial charge in [-0.25, -0.2) is 0 Å².